The summed E-state index contributed by atoms with van der Waals surface area (Å²) in [7, 11) is 1.63. The van der Waals surface area contributed by atoms with Gasteiger partial charge in [-0.25, -0.2) is 0 Å². The molecule has 0 radical (unpaired) electrons. The molecule has 0 aliphatic rings. The molecular formula is C20H27NO4. The van der Waals surface area contributed by atoms with Crippen molar-refractivity contribution in [1.29, 1.82) is 0 Å². The summed E-state index contributed by atoms with van der Waals surface area (Å²) in [6.07, 6.45) is 2.71. The van der Waals surface area contributed by atoms with E-state index in [0.717, 1.165) is 23.6 Å². The van der Waals surface area contributed by atoms with E-state index in [-0.39, 0.29) is 5.43 Å². The minimum absolute atomic E-state index is 0.0754. The first-order valence-corrected chi connectivity index (χ1v) is 8.61. The van der Waals surface area contributed by atoms with Crippen molar-refractivity contribution in [3.63, 3.8) is 0 Å². The van der Waals surface area contributed by atoms with Crippen molar-refractivity contribution < 1.29 is 14.2 Å². The van der Waals surface area contributed by atoms with Gasteiger partial charge in [-0.15, -0.1) is 0 Å². The molecule has 0 unspecified atom stereocenters. The van der Waals surface area contributed by atoms with Gasteiger partial charge in [-0.2, -0.15) is 0 Å². The van der Waals surface area contributed by atoms with Gasteiger partial charge in [-0.3, -0.25) is 4.79 Å². The number of methoxy groups -OCH3 is 1. The van der Waals surface area contributed by atoms with Gasteiger partial charge in [0, 0.05) is 12.3 Å². The summed E-state index contributed by atoms with van der Waals surface area (Å²) >= 11 is 0. The monoisotopic (exact) mass is 345 g/mol. The number of hydrogen-bond acceptors (Lipinski definition) is 4. The molecule has 1 aromatic carbocycles. The van der Waals surface area contributed by atoms with Crippen LogP contribution >= 0.6 is 0 Å². The Kier molecular flexibility index (Phi) is 6.92. The number of benzene rings is 1. The molecule has 5 nitrogen and oxygen atoms in total. The molecule has 5 heteroatoms. The van der Waals surface area contributed by atoms with Gasteiger partial charge in [0.1, 0.15) is 18.1 Å². The fraction of sp³-hybridized carbons (Fsp3) is 0.450. The second-order valence-corrected chi connectivity index (χ2v) is 6.34. The number of pyridine rings is 1. The Bertz CT molecular complexity index is 719. The molecule has 0 saturated carbocycles. The number of hydrogen-bond donors (Lipinski definition) is 0. The van der Waals surface area contributed by atoms with Crippen LogP contribution in [0.2, 0.25) is 0 Å². The van der Waals surface area contributed by atoms with Crippen LogP contribution in [0.4, 0.5) is 0 Å². The van der Waals surface area contributed by atoms with E-state index in [9.17, 15) is 4.79 Å². The summed E-state index contributed by atoms with van der Waals surface area (Å²) in [6, 6.07) is 9.02. The van der Waals surface area contributed by atoms with Gasteiger partial charge in [0.05, 0.1) is 26.0 Å². The summed E-state index contributed by atoms with van der Waals surface area (Å²) in [5, 5.41) is 0. The van der Waals surface area contributed by atoms with Gasteiger partial charge in [0.15, 0.2) is 5.75 Å². The quantitative estimate of drug-likeness (QED) is 0.696. The average Bonchev–Trinajstić information content (AvgIpc) is 2.60. The zero-order valence-corrected chi connectivity index (χ0v) is 15.5. The predicted octanol–water partition coefficient (Wildman–Crippen LogP) is 3.67. The smallest absolute Gasteiger partial charge is 0.223 e. The number of nitrogens with zero attached hydrogens (tertiary/aromatic N) is 1. The predicted molar refractivity (Wildman–Crippen MR) is 98.9 cm³/mol. The van der Waals surface area contributed by atoms with Gasteiger partial charge in [-0.05, 0) is 43.5 Å². The van der Waals surface area contributed by atoms with Crippen molar-refractivity contribution in [1.82, 2.24) is 4.57 Å². The van der Waals surface area contributed by atoms with E-state index in [2.05, 4.69) is 13.8 Å². The zero-order valence-electron chi connectivity index (χ0n) is 15.5. The van der Waals surface area contributed by atoms with Crippen molar-refractivity contribution in [2.75, 3.05) is 20.3 Å². The molecule has 1 aromatic heterocycles. The Morgan fingerprint density at radius 1 is 1.00 bits per heavy atom. The highest BCUT2D eigenvalue weighted by Gasteiger charge is 2.09. The lowest BCUT2D eigenvalue weighted by Gasteiger charge is -2.16. The molecule has 2 aromatic rings. The van der Waals surface area contributed by atoms with Crippen LogP contribution in [0.25, 0.3) is 0 Å². The van der Waals surface area contributed by atoms with Crippen molar-refractivity contribution in [3.05, 3.63) is 52.4 Å². The molecule has 2 rings (SSSR count). The van der Waals surface area contributed by atoms with Crippen LogP contribution in [0, 0.1) is 12.8 Å². The first-order valence-electron chi connectivity index (χ1n) is 8.61. The standard InChI is InChI=1S/C20H27NO4/c1-15(2)10-13-25-20-16(3)21(11-9-19(20)22)12-14-24-18-7-5-17(23-4)6-8-18/h5-9,11,15H,10,12-14H2,1-4H3. The van der Waals surface area contributed by atoms with E-state index in [1.807, 2.05) is 35.8 Å². The van der Waals surface area contributed by atoms with Crippen LogP contribution in [0.15, 0.2) is 41.3 Å². The lowest BCUT2D eigenvalue weighted by atomic mass is 10.1. The average molecular weight is 345 g/mol. The summed E-state index contributed by atoms with van der Waals surface area (Å²) in [5.41, 5.74) is 0.753. The zero-order chi connectivity index (χ0) is 18.2. The molecule has 136 valence electrons. The molecule has 0 amide bonds. The van der Waals surface area contributed by atoms with Crippen LogP contribution < -0.4 is 19.6 Å². The van der Waals surface area contributed by atoms with E-state index >= 15 is 0 Å². The molecule has 0 fully saturated rings. The molecule has 25 heavy (non-hydrogen) atoms. The van der Waals surface area contributed by atoms with E-state index in [1.165, 1.54) is 0 Å². The largest absolute Gasteiger partial charge is 0.497 e. The highest BCUT2D eigenvalue weighted by atomic mass is 16.5. The maximum Gasteiger partial charge on any atom is 0.223 e. The first kappa shape index (κ1) is 18.9. The van der Waals surface area contributed by atoms with Gasteiger partial charge in [0.2, 0.25) is 5.43 Å². The van der Waals surface area contributed by atoms with E-state index in [1.54, 1.807) is 19.4 Å². The van der Waals surface area contributed by atoms with Crippen molar-refractivity contribution in [3.8, 4) is 17.2 Å². The fourth-order valence-electron chi connectivity index (χ4n) is 2.40. The Morgan fingerprint density at radius 3 is 2.32 bits per heavy atom. The van der Waals surface area contributed by atoms with Crippen LogP contribution in [0.3, 0.4) is 0 Å². The highest BCUT2D eigenvalue weighted by Crippen LogP contribution is 2.17. The normalized spacial score (nSPS) is 10.8. The van der Waals surface area contributed by atoms with E-state index in [0.29, 0.717) is 31.4 Å². The molecule has 0 aliphatic carbocycles. The molecule has 0 bridgehead atoms. The Balaban J connectivity index is 1.95. The van der Waals surface area contributed by atoms with Gasteiger partial charge < -0.3 is 18.8 Å². The topological polar surface area (TPSA) is 49.7 Å². The van der Waals surface area contributed by atoms with Gasteiger partial charge in [0.25, 0.3) is 0 Å². The highest BCUT2D eigenvalue weighted by molar-refractivity contribution is 5.31. The summed E-state index contributed by atoms with van der Waals surface area (Å²) in [5.74, 6) is 2.57. The van der Waals surface area contributed by atoms with E-state index in [4.69, 9.17) is 14.2 Å². The van der Waals surface area contributed by atoms with Gasteiger partial charge >= 0.3 is 0 Å². The summed E-state index contributed by atoms with van der Waals surface area (Å²) in [4.78, 5) is 12.0. The number of aromatic nitrogens is 1. The maximum atomic E-state index is 12.0. The lowest BCUT2D eigenvalue weighted by molar-refractivity contribution is 0.275. The Labute approximate surface area is 149 Å². The second-order valence-electron chi connectivity index (χ2n) is 6.34. The first-order chi connectivity index (χ1) is 12.0. The van der Waals surface area contributed by atoms with Crippen LogP contribution in [0.1, 0.15) is 26.0 Å². The second kappa shape index (κ2) is 9.16. The van der Waals surface area contributed by atoms with Gasteiger partial charge in [-0.1, -0.05) is 13.8 Å². The molecule has 0 atom stereocenters. The lowest BCUT2D eigenvalue weighted by Crippen LogP contribution is -2.18. The maximum absolute atomic E-state index is 12.0. The minimum atomic E-state index is -0.0754. The number of ether oxygens (including phenoxy) is 3. The minimum Gasteiger partial charge on any atom is -0.497 e. The molecule has 0 spiro atoms. The SMILES string of the molecule is COc1ccc(OCCn2ccc(=O)c(OCCC(C)C)c2C)cc1. The molecule has 0 N–H and O–H groups in total. The van der Waals surface area contributed by atoms with Crippen molar-refractivity contribution in [2.45, 2.75) is 33.7 Å². The summed E-state index contributed by atoms with van der Waals surface area (Å²) < 4.78 is 18.6. The third-order valence-electron chi connectivity index (χ3n) is 3.99. The Hall–Kier alpha value is -2.43. The molecule has 0 saturated heterocycles. The molecular weight excluding hydrogens is 318 g/mol. The molecule has 0 aliphatic heterocycles. The van der Waals surface area contributed by atoms with Crippen LogP contribution in [-0.2, 0) is 6.54 Å². The van der Waals surface area contributed by atoms with Crippen LogP contribution in [-0.4, -0.2) is 24.9 Å². The van der Waals surface area contributed by atoms with Crippen LogP contribution in [0.5, 0.6) is 17.2 Å². The number of rotatable bonds is 9. The summed E-state index contributed by atoms with van der Waals surface area (Å²) in [6.45, 7) is 7.87. The fourth-order valence-corrected chi connectivity index (χ4v) is 2.40. The van der Waals surface area contributed by atoms with E-state index < -0.39 is 0 Å². The third-order valence-corrected chi connectivity index (χ3v) is 3.99. The van der Waals surface area contributed by atoms with Crippen molar-refractivity contribution in [2.24, 2.45) is 5.92 Å². The Morgan fingerprint density at radius 2 is 1.68 bits per heavy atom. The third kappa shape index (κ3) is 5.55. The molecule has 1 heterocycles. The van der Waals surface area contributed by atoms with Crippen molar-refractivity contribution >= 4 is 0 Å².